The van der Waals surface area contributed by atoms with Gasteiger partial charge in [0.15, 0.2) is 11.6 Å². The highest BCUT2D eigenvalue weighted by molar-refractivity contribution is 5.90. The van der Waals surface area contributed by atoms with Crippen molar-refractivity contribution in [1.82, 2.24) is 25.2 Å². The molecule has 0 aliphatic carbocycles. The quantitative estimate of drug-likeness (QED) is 0.905. The first-order valence-corrected chi connectivity index (χ1v) is 7.52. The number of aryl methyl sites for hydroxylation is 4. The molecule has 2 aromatic rings. The SMILES string of the molecule is CCc1nc2n(n1)CCCC2NC(=O)Nc1c(C)noc1C. The molecule has 1 aliphatic rings. The summed E-state index contributed by atoms with van der Waals surface area (Å²) in [6.07, 6.45) is 2.62. The third kappa shape index (κ3) is 2.68. The third-order valence-corrected chi connectivity index (χ3v) is 3.81. The van der Waals surface area contributed by atoms with Crippen LogP contribution in [0.3, 0.4) is 0 Å². The lowest BCUT2D eigenvalue weighted by molar-refractivity contribution is 0.244. The number of anilines is 1. The van der Waals surface area contributed by atoms with E-state index >= 15 is 0 Å². The molecule has 0 saturated heterocycles. The molecule has 8 heteroatoms. The van der Waals surface area contributed by atoms with E-state index in [1.54, 1.807) is 13.8 Å². The van der Waals surface area contributed by atoms with E-state index in [0.717, 1.165) is 37.5 Å². The van der Waals surface area contributed by atoms with Crippen LogP contribution >= 0.6 is 0 Å². The molecular formula is C14H20N6O2. The van der Waals surface area contributed by atoms with E-state index in [1.807, 2.05) is 11.6 Å². The van der Waals surface area contributed by atoms with Gasteiger partial charge in [0.25, 0.3) is 0 Å². The Kier molecular flexibility index (Phi) is 3.82. The van der Waals surface area contributed by atoms with Gasteiger partial charge in [0, 0.05) is 13.0 Å². The van der Waals surface area contributed by atoms with E-state index in [4.69, 9.17) is 4.52 Å². The second kappa shape index (κ2) is 5.78. The topological polar surface area (TPSA) is 97.9 Å². The summed E-state index contributed by atoms with van der Waals surface area (Å²) < 4.78 is 6.93. The molecule has 2 aromatic heterocycles. The molecule has 1 aliphatic heterocycles. The van der Waals surface area contributed by atoms with Gasteiger partial charge in [-0.15, -0.1) is 0 Å². The maximum absolute atomic E-state index is 12.2. The third-order valence-electron chi connectivity index (χ3n) is 3.81. The minimum atomic E-state index is -0.283. The van der Waals surface area contributed by atoms with Crippen LogP contribution in [0.5, 0.6) is 0 Å². The minimum Gasteiger partial charge on any atom is -0.359 e. The molecule has 2 N–H and O–H groups in total. The highest BCUT2D eigenvalue weighted by Gasteiger charge is 2.26. The van der Waals surface area contributed by atoms with Crippen molar-refractivity contribution >= 4 is 11.7 Å². The first-order valence-electron chi connectivity index (χ1n) is 7.52. The van der Waals surface area contributed by atoms with Crippen LogP contribution in [0.4, 0.5) is 10.5 Å². The van der Waals surface area contributed by atoms with Crippen LogP contribution in [-0.4, -0.2) is 26.0 Å². The number of amides is 2. The zero-order valence-electron chi connectivity index (χ0n) is 13.0. The van der Waals surface area contributed by atoms with Crippen molar-refractivity contribution in [1.29, 1.82) is 0 Å². The maximum atomic E-state index is 12.2. The van der Waals surface area contributed by atoms with Gasteiger partial charge in [-0.25, -0.2) is 14.5 Å². The molecule has 0 radical (unpaired) electrons. The van der Waals surface area contributed by atoms with Crippen LogP contribution in [0.2, 0.25) is 0 Å². The second-order valence-electron chi connectivity index (χ2n) is 5.46. The number of urea groups is 1. The largest absolute Gasteiger partial charge is 0.359 e. The number of carbonyl (C=O) groups excluding carboxylic acids is 1. The molecule has 1 atom stereocenters. The lowest BCUT2D eigenvalue weighted by Gasteiger charge is -2.23. The van der Waals surface area contributed by atoms with Gasteiger partial charge in [0.1, 0.15) is 17.2 Å². The fraction of sp³-hybridized carbons (Fsp3) is 0.571. The summed E-state index contributed by atoms with van der Waals surface area (Å²) in [6, 6.07) is -0.407. The second-order valence-corrected chi connectivity index (χ2v) is 5.46. The average Bonchev–Trinajstić information content (AvgIpc) is 3.06. The van der Waals surface area contributed by atoms with Gasteiger partial charge in [-0.3, -0.25) is 0 Å². The molecule has 118 valence electrons. The summed E-state index contributed by atoms with van der Waals surface area (Å²) in [6.45, 7) is 6.43. The zero-order chi connectivity index (χ0) is 15.7. The van der Waals surface area contributed by atoms with E-state index in [0.29, 0.717) is 17.1 Å². The predicted molar refractivity (Wildman–Crippen MR) is 79.5 cm³/mol. The Morgan fingerprint density at radius 3 is 2.95 bits per heavy atom. The molecule has 8 nitrogen and oxygen atoms in total. The maximum Gasteiger partial charge on any atom is 0.319 e. The summed E-state index contributed by atoms with van der Waals surface area (Å²) in [5, 5.41) is 14.0. The number of fused-ring (bicyclic) bond motifs is 1. The molecule has 3 heterocycles. The van der Waals surface area contributed by atoms with Gasteiger partial charge in [0.05, 0.1) is 6.04 Å². The number of hydrogen-bond donors (Lipinski definition) is 2. The number of carbonyl (C=O) groups is 1. The lowest BCUT2D eigenvalue weighted by Crippen LogP contribution is -2.36. The number of hydrogen-bond acceptors (Lipinski definition) is 5. The van der Waals surface area contributed by atoms with Gasteiger partial charge in [0.2, 0.25) is 0 Å². The van der Waals surface area contributed by atoms with Crippen LogP contribution in [0.25, 0.3) is 0 Å². The number of nitrogens with zero attached hydrogens (tertiary/aromatic N) is 4. The van der Waals surface area contributed by atoms with Crippen LogP contribution in [0.15, 0.2) is 4.52 Å². The summed E-state index contributed by atoms with van der Waals surface area (Å²) in [5.74, 6) is 2.24. The van der Waals surface area contributed by atoms with Crippen LogP contribution in [-0.2, 0) is 13.0 Å². The van der Waals surface area contributed by atoms with Crippen molar-refractivity contribution in [2.45, 2.75) is 52.6 Å². The first-order chi connectivity index (χ1) is 10.6. The smallest absolute Gasteiger partial charge is 0.319 e. The Hall–Kier alpha value is -2.38. The van der Waals surface area contributed by atoms with E-state index < -0.39 is 0 Å². The van der Waals surface area contributed by atoms with Crippen molar-refractivity contribution in [3.8, 4) is 0 Å². The fourth-order valence-corrected chi connectivity index (χ4v) is 2.66. The van der Waals surface area contributed by atoms with E-state index in [1.165, 1.54) is 0 Å². The monoisotopic (exact) mass is 304 g/mol. The van der Waals surface area contributed by atoms with Crippen LogP contribution in [0, 0.1) is 13.8 Å². The normalized spacial score (nSPS) is 17.1. The van der Waals surface area contributed by atoms with E-state index in [-0.39, 0.29) is 12.1 Å². The Balaban J connectivity index is 1.71. The van der Waals surface area contributed by atoms with E-state index in [9.17, 15) is 4.79 Å². The van der Waals surface area contributed by atoms with Crippen molar-refractivity contribution in [2.24, 2.45) is 0 Å². The molecule has 0 aromatic carbocycles. The highest BCUT2D eigenvalue weighted by Crippen LogP contribution is 2.24. The first kappa shape index (κ1) is 14.6. The number of aromatic nitrogens is 4. The molecule has 0 spiro atoms. The zero-order valence-corrected chi connectivity index (χ0v) is 13.0. The van der Waals surface area contributed by atoms with Crippen molar-refractivity contribution in [3.05, 3.63) is 23.1 Å². The summed E-state index contributed by atoms with van der Waals surface area (Å²) in [5.41, 5.74) is 1.27. The molecule has 1 unspecified atom stereocenters. The van der Waals surface area contributed by atoms with Crippen LogP contribution < -0.4 is 10.6 Å². The van der Waals surface area contributed by atoms with Crippen molar-refractivity contribution in [2.75, 3.05) is 5.32 Å². The molecular weight excluding hydrogens is 284 g/mol. The Morgan fingerprint density at radius 1 is 1.45 bits per heavy atom. The molecule has 0 fully saturated rings. The van der Waals surface area contributed by atoms with Crippen molar-refractivity contribution in [3.63, 3.8) is 0 Å². The van der Waals surface area contributed by atoms with Gasteiger partial charge >= 0.3 is 6.03 Å². The highest BCUT2D eigenvalue weighted by atomic mass is 16.5. The fourth-order valence-electron chi connectivity index (χ4n) is 2.66. The predicted octanol–water partition coefficient (Wildman–Crippen LogP) is 2.10. The molecule has 2 amide bonds. The molecule has 0 saturated carbocycles. The van der Waals surface area contributed by atoms with Gasteiger partial charge < -0.3 is 15.2 Å². The standard InChI is InChI=1S/C14H20N6O2/c1-4-11-16-13-10(6-5-7-20(13)18-11)15-14(21)17-12-8(2)19-22-9(12)3/h10H,4-7H2,1-3H3,(H2,15,17,21). The van der Waals surface area contributed by atoms with Gasteiger partial charge in [-0.2, -0.15) is 5.10 Å². The molecule has 3 rings (SSSR count). The summed E-state index contributed by atoms with van der Waals surface area (Å²) in [4.78, 5) is 16.7. The number of nitrogens with one attached hydrogen (secondary N) is 2. The molecule has 0 bridgehead atoms. The average molecular weight is 304 g/mol. The van der Waals surface area contributed by atoms with Gasteiger partial charge in [-0.05, 0) is 26.7 Å². The lowest BCUT2D eigenvalue weighted by atomic mass is 10.1. The molecule has 22 heavy (non-hydrogen) atoms. The van der Waals surface area contributed by atoms with Gasteiger partial charge in [-0.1, -0.05) is 12.1 Å². The van der Waals surface area contributed by atoms with E-state index in [2.05, 4.69) is 25.9 Å². The van der Waals surface area contributed by atoms with Crippen molar-refractivity contribution < 1.29 is 9.32 Å². The summed E-state index contributed by atoms with van der Waals surface area (Å²) in [7, 11) is 0. The number of rotatable bonds is 3. The Bertz CT molecular complexity index is 670. The summed E-state index contributed by atoms with van der Waals surface area (Å²) >= 11 is 0. The Morgan fingerprint density at radius 2 is 2.27 bits per heavy atom. The van der Waals surface area contributed by atoms with Crippen LogP contribution in [0.1, 0.15) is 48.9 Å². The Labute approximate surface area is 128 Å². The minimum absolute atomic E-state index is 0.123.